The van der Waals surface area contributed by atoms with Crippen LogP contribution in [0.1, 0.15) is 108 Å². The van der Waals surface area contributed by atoms with Gasteiger partial charge in [0.05, 0.1) is 7.11 Å². The molecule has 2 amide bonds. The van der Waals surface area contributed by atoms with Gasteiger partial charge in [-0.1, -0.05) is 32.9 Å². The van der Waals surface area contributed by atoms with Crippen LogP contribution in [0, 0.1) is 18.3 Å². The molecule has 4 saturated carbocycles. The molecule has 4 aliphatic carbocycles. The van der Waals surface area contributed by atoms with Gasteiger partial charge in [-0.25, -0.2) is 14.8 Å². The molecule has 0 radical (unpaired) electrons. The quantitative estimate of drug-likeness (QED) is 0.217. The molecule has 1 unspecified atom stereocenters. The minimum absolute atomic E-state index is 0.0385. The highest BCUT2D eigenvalue weighted by atomic mass is 16.6. The Labute approximate surface area is 315 Å². The van der Waals surface area contributed by atoms with Gasteiger partial charge >= 0.3 is 6.09 Å². The third-order valence-corrected chi connectivity index (χ3v) is 13.1. The third-order valence-electron chi connectivity index (χ3n) is 13.1. The first-order valence-electron chi connectivity index (χ1n) is 19.8. The lowest BCUT2D eigenvalue weighted by molar-refractivity contribution is -0.124. The predicted octanol–water partition coefficient (Wildman–Crippen LogP) is 8.31. The molecular formula is C43H59N5O5. The lowest BCUT2D eigenvalue weighted by Crippen LogP contribution is -2.52. The van der Waals surface area contributed by atoms with Crippen molar-refractivity contribution in [1.82, 2.24) is 19.8 Å². The van der Waals surface area contributed by atoms with Crippen LogP contribution in [0.2, 0.25) is 0 Å². The fourth-order valence-corrected chi connectivity index (χ4v) is 9.42. The number of aromatic nitrogens is 2. The second kappa shape index (κ2) is 14.7. The highest BCUT2D eigenvalue weighted by Gasteiger charge is 2.51. The minimum Gasteiger partial charge on any atom is -0.496 e. The van der Waals surface area contributed by atoms with Crippen LogP contribution in [0.25, 0.3) is 11.3 Å². The first-order chi connectivity index (χ1) is 25.3. The number of pyridine rings is 1. The van der Waals surface area contributed by atoms with Gasteiger partial charge in [-0.3, -0.25) is 9.69 Å². The number of nitrogens with zero attached hydrogens (tertiary/aromatic N) is 5. The first kappa shape index (κ1) is 37.4. The molecule has 10 nitrogen and oxygen atoms in total. The average molecular weight is 726 g/mol. The van der Waals surface area contributed by atoms with Crippen LogP contribution >= 0.6 is 0 Å². The van der Waals surface area contributed by atoms with Crippen molar-refractivity contribution in [2.24, 2.45) is 11.3 Å². The van der Waals surface area contributed by atoms with Crippen molar-refractivity contribution in [3.8, 4) is 17.0 Å². The van der Waals surface area contributed by atoms with Gasteiger partial charge in [-0.05, 0) is 132 Å². The molecule has 3 heterocycles. The number of carbonyl (C=O) groups excluding carboxylic acids is 2. The van der Waals surface area contributed by atoms with E-state index in [4.69, 9.17) is 23.9 Å². The zero-order chi connectivity index (χ0) is 37.5. The van der Waals surface area contributed by atoms with Crippen molar-refractivity contribution >= 4 is 17.8 Å². The summed E-state index contributed by atoms with van der Waals surface area (Å²) in [5, 5.41) is 0. The molecule has 5 fully saturated rings. The Balaban J connectivity index is 1.08. The van der Waals surface area contributed by atoms with Crippen LogP contribution in [-0.2, 0) is 20.4 Å². The van der Waals surface area contributed by atoms with E-state index >= 15 is 0 Å². The number of likely N-dealkylation sites (N-methyl/N-ethyl adjacent to an activating group) is 1. The summed E-state index contributed by atoms with van der Waals surface area (Å²) < 4.78 is 17.4. The number of likely N-dealkylation sites (tertiary alicyclic amines) is 1. The molecule has 5 aliphatic rings. The number of anilines is 1. The van der Waals surface area contributed by atoms with Crippen molar-refractivity contribution < 1.29 is 23.5 Å². The van der Waals surface area contributed by atoms with Crippen LogP contribution < -0.4 is 9.64 Å². The number of fused-ring (bicyclic) bond motifs is 3. The topological polar surface area (TPSA) is 101 Å². The number of hydrogen-bond donors (Lipinski definition) is 0. The lowest BCUT2D eigenvalue weighted by Gasteiger charge is -2.55. The third kappa shape index (κ3) is 7.71. The monoisotopic (exact) mass is 725 g/mol. The van der Waals surface area contributed by atoms with Crippen LogP contribution in [0.4, 0.5) is 10.6 Å². The van der Waals surface area contributed by atoms with Gasteiger partial charge in [0.15, 0.2) is 5.89 Å². The van der Waals surface area contributed by atoms with Crippen LogP contribution in [0.3, 0.4) is 0 Å². The Morgan fingerprint density at radius 2 is 1.70 bits per heavy atom. The van der Waals surface area contributed by atoms with Gasteiger partial charge in [-0.2, -0.15) is 0 Å². The Bertz CT molecular complexity index is 1760. The SMILES string of the molecule is COc1ccc(C23CCC(CN(C(=O)C4CCC(OC(=O)N5CCC(N(C)C)C5)CC4)c4cc(-c5coc(C(C)(C)C)n5)ccn4)(CC2)CC3)cc1C. The Morgan fingerprint density at radius 3 is 2.30 bits per heavy atom. The Kier molecular flexibility index (Phi) is 10.4. The van der Waals surface area contributed by atoms with E-state index in [1.54, 1.807) is 19.6 Å². The maximum atomic E-state index is 14.8. The van der Waals surface area contributed by atoms with E-state index in [2.05, 4.69) is 64.9 Å². The molecule has 2 bridgehead atoms. The summed E-state index contributed by atoms with van der Waals surface area (Å²) in [6, 6.07) is 11.0. The highest BCUT2D eigenvalue weighted by molar-refractivity contribution is 5.95. The molecule has 0 spiro atoms. The summed E-state index contributed by atoms with van der Waals surface area (Å²) in [4.78, 5) is 43.5. The van der Waals surface area contributed by atoms with E-state index in [9.17, 15) is 9.59 Å². The van der Waals surface area contributed by atoms with E-state index in [1.807, 2.05) is 21.9 Å². The molecule has 3 aromatic rings. The Morgan fingerprint density at radius 1 is 0.981 bits per heavy atom. The molecule has 8 rings (SSSR count). The standard InChI is InChI=1S/C43H59N5O5/c1-29-24-32(10-13-36(29)51-7)43-19-16-42(17-20-43,18-21-43)28-48(37-25-31(14-22-44-37)35-27-52-39(45-35)41(2,3)4)38(49)30-8-11-34(12-9-30)53-40(50)47-23-15-33(26-47)46(5)6/h10,13-14,22,24-25,27,30,33-34H,8-9,11-12,15-21,23,26,28H2,1-7H3. The number of benzene rings is 1. The van der Waals surface area contributed by atoms with Crippen LogP contribution in [0.15, 0.2) is 47.2 Å². The van der Waals surface area contributed by atoms with Gasteiger partial charge < -0.3 is 23.7 Å². The maximum Gasteiger partial charge on any atom is 0.410 e. The van der Waals surface area contributed by atoms with Gasteiger partial charge in [0.25, 0.3) is 0 Å². The van der Waals surface area contributed by atoms with Gasteiger partial charge in [-0.15, -0.1) is 0 Å². The zero-order valence-corrected chi connectivity index (χ0v) is 33.0. The number of carbonyl (C=O) groups is 2. The fraction of sp³-hybridized carbons (Fsp3) is 0.628. The van der Waals surface area contributed by atoms with E-state index in [0.717, 1.165) is 68.5 Å². The van der Waals surface area contributed by atoms with E-state index in [0.29, 0.717) is 56.5 Å². The number of rotatable bonds is 9. The van der Waals surface area contributed by atoms with E-state index in [-0.39, 0.29) is 40.3 Å². The van der Waals surface area contributed by atoms with Gasteiger partial charge in [0.2, 0.25) is 5.91 Å². The van der Waals surface area contributed by atoms with Crippen molar-refractivity contribution in [1.29, 1.82) is 0 Å². The zero-order valence-electron chi connectivity index (χ0n) is 33.0. The largest absolute Gasteiger partial charge is 0.496 e. The summed E-state index contributed by atoms with van der Waals surface area (Å²) >= 11 is 0. The van der Waals surface area contributed by atoms with Crippen LogP contribution in [0.5, 0.6) is 5.75 Å². The molecule has 1 aromatic carbocycles. The number of hydrogen-bond acceptors (Lipinski definition) is 8. The molecular weight excluding hydrogens is 667 g/mol. The number of aryl methyl sites for hydroxylation is 1. The molecule has 0 N–H and O–H groups in total. The first-order valence-corrected chi connectivity index (χ1v) is 19.8. The molecule has 1 saturated heterocycles. The van der Waals surface area contributed by atoms with Gasteiger partial charge in [0, 0.05) is 48.8 Å². The number of ether oxygens (including phenoxy) is 2. The molecule has 53 heavy (non-hydrogen) atoms. The fourth-order valence-electron chi connectivity index (χ4n) is 9.42. The van der Waals surface area contributed by atoms with Crippen molar-refractivity contribution in [2.75, 3.05) is 45.7 Å². The number of amides is 2. The van der Waals surface area contributed by atoms with E-state index in [1.165, 1.54) is 11.1 Å². The summed E-state index contributed by atoms with van der Waals surface area (Å²) in [5.41, 5.74) is 4.25. The summed E-state index contributed by atoms with van der Waals surface area (Å²) in [5.74, 6) is 2.27. The van der Waals surface area contributed by atoms with Crippen molar-refractivity contribution in [3.63, 3.8) is 0 Å². The molecule has 1 aliphatic heterocycles. The second-order valence-electron chi connectivity index (χ2n) is 17.8. The summed E-state index contributed by atoms with van der Waals surface area (Å²) in [6.45, 7) is 10.5. The highest BCUT2D eigenvalue weighted by Crippen LogP contribution is 2.58. The number of methoxy groups -OCH3 is 1. The Hall–Kier alpha value is -3.92. The minimum atomic E-state index is -0.219. The molecule has 1 atom stereocenters. The average Bonchev–Trinajstić information content (AvgIpc) is 3.87. The van der Waals surface area contributed by atoms with Crippen molar-refractivity contribution in [2.45, 2.75) is 121 Å². The van der Waals surface area contributed by atoms with Crippen LogP contribution in [-0.4, -0.2) is 84.8 Å². The maximum absolute atomic E-state index is 14.8. The predicted molar refractivity (Wildman–Crippen MR) is 206 cm³/mol. The second-order valence-corrected chi connectivity index (χ2v) is 17.8. The smallest absolute Gasteiger partial charge is 0.410 e. The lowest BCUT2D eigenvalue weighted by atomic mass is 9.51. The van der Waals surface area contributed by atoms with Crippen molar-refractivity contribution in [3.05, 3.63) is 59.8 Å². The number of oxazole rings is 1. The molecule has 286 valence electrons. The van der Waals surface area contributed by atoms with E-state index < -0.39 is 0 Å². The summed E-state index contributed by atoms with van der Waals surface area (Å²) in [7, 11) is 5.85. The molecule has 2 aromatic heterocycles. The summed E-state index contributed by atoms with van der Waals surface area (Å²) in [6.07, 6.45) is 13.4. The van der Waals surface area contributed by atoms with Gasteiger partial charge in [0.1, 0.15) is 29.6 Å². The normalized spacial score (nSPS) is 27.2. The molecule has 10 heteroatoms.